The van der Waals surface area contributed by atoms with E-state index in [2.05, 4.69) is 26.2 Å². The zero-order chi connectivity index (χ0) is 15.4. The number of aromatic carboxylic acids is 1. The first-order valence-corrected chi connectivity index (χ1v) is 7.59. The Hall–Kier alpha value is -1.30. The molecular weight excluding hydrogens is 379 g/mol. The lowest BCUT2D eigenvalue weighted by Gasteiger charge is -2.10. The first-order chi connectivity index (χ1) is 9.97. The third-order valence-corrected chi connectivity index (χ3v) is 3.81. The van der Waals surface area contributed by atoms with Gasteiger partial charge in [0.1, 0.15) is 11.4 Å². The molecule has 0 aliphatic heterocycles. The summed E-state index contributed by atoms with van der Waals surface area (Å²) in [6, 6.07) is 6.80. The van der Waals surface area contributed by atoms with Gasteiger partial charge in [0.05, 0.1) is 0 Å². The van der Waals surface area contributed by atoms with Crippen LogP contribution >= 0.6 is 39.1 Å². The minimum atomic E-state index is -1.03. The number of pyridine rings is 1. The molecule has 4 nitrogen and oxygen atoms in total. The fourth-order valence-corrected chi connectivity index (χ4v) is 2.62. The molecule has 7 heteroatoms. The van der Waals surface area contributed by atoms with Gasteiger partial charge in [0, 0.05) is 27.3 Å². The van der Waals surface area contributed by atoms with Crippen LogP contribution in [0, 0.1) is 0 Å². The molecule has 0 atom stereocenters. The highest BCUT2D eigenvalue weighted by Crippen LogP contribution is 2.22. The molecule has 0 saturated heterocycles. The number of carboxylic acids is 1. The first-order valence-electron chi connectivity index (χ1n) is 6.04. The van der Waals surface area contributed by atoms with E-state index in [0.717, 1.165) is 5.56 Å². The predicted molar refractivity (Wildman–Crippen MR) is 87.6 cm³/mol. The molecule has 1 heterocycles. The van der Waals surface area contributed by atoms with E-state index in [1.807, 2.05) is 6.07 Å². The summed E-state index contributed by atoms with van der Waals surface area (Å²) in [6.07, 6.45) is 2.18. The van der Waals surface area contributed by atoms with Crippen molar-refractivity contribution < 1.29 is 9.90 Å². The lowest BCUT2D eigenvalue weighted by atomic mass is 10.1. The van der Waals surface area contributed by atoms with E-state index in [0.29, 0.717) is 33.3 Å². The number of aromatic nitrogens is 1. The van der Waals surface area contributed by atoms with Crippen molar-refractivity contribution in [1.82, 2.24) is 4.98 Å². The molecule has 2 rings (SSSR count). The smallest absolute Gasteiger partial charge is 0.339 e. The zero-order valence-corrected chi connectivity index (χ0v) is 13.8. The second-order valence-electron chi connectivity index (χ2n) is 4.27. The molecule has 2 aromatic rings. The van der Waals surface area contributed by atoms with E-state index in [4.69, 9.17) is 28.3 Å². The number of carbonyl (C=O) groups is 1. The normalized spacial score (nSPS) is 10.4. The largest absolute Gasteiger partial charge is 0.478 e. The van der Waals surface area contributed by atoms with Gasteiger partial charge in [-0.3, -0.25) is 0 Å². The van der Waals surface area contributed by atoms with Crippen molar-refractivity contribution in [2.45, 2.75) is 6.42 Å². The van der Waals surface area contributed by atoms with Crippen molar-refractivity contribution >= 4 is 50.9 Å². The summed E-state index contributed by atoms with van der Waals surface area (Å²) < 4.78 is 0.617. The van der Waals surface area contributed by atoms with E-state index in [9.17, 15) is 4.79 Å². The van der Waals surface area contributed by atoms with Crippen LogP contribution in [-0.4, -0.2) is 22.6 Å². The van der Waals surface area contributed by atoms with Gasteiger partial charge in [-0.25, -0.2) is 9.78 Å². The molecule has 21 heavy (non-hydrogen) atoms. The van der Waals surface area contributed by atoms with Gasteiger partial charge in [-0.1, -0.05) is 29.3 Å². The third-order valence-electron chi connectivity index (χ3n) is 2.79. The summed E-state index contributed by atoms with van der Waals surface area (Å²) in [4.78, 5) is 15.2. The Labute approximate surface area is 140 Å². The zero-order valence-electron chi connectivity index (χ0n) is 10.7. The second-order valence-corrected chi connectivity index (χ2v) is 6.03. The van der Waals surface area contributed by atoms with E-state index >= 15 is 0 Å². The maximum atomic E-state index is 11.2. The summed E-state index contributed by atoms with van der Waals surface area (Å²) in [6.45, 7) is 0.510. The van der Waals surface area contributed by atoms with Crippen LogP contribution in [0.4, 0.5) is 5.82 Å². The maximum Gasteiger partial charge on any atom is 0.339 e. The number of anilines is 1. The average Bonchev–Trinajstić information content (AvgIpc) is 2.42. The molecule has 0 saturated carbocycles. The number of halogens is 3. The Balaban J connectivity index is 2.05. The van der Waals surface area contributed by atoms with Gasteiger partial charge in [0.15, 0.2) is 0 Å². The van der Waals surface area contributed by atoms with Crippen LogP contribution in [0.5, 0.6) is 0 Å². The van der Waals surface area contributed by atoms with Crippen LogP contribution in [0.25, 0.3) is 0 Å². The summed E-state index contributed by atoms with van der Waals surface area (Å²) in [5.74, 6) is -0.702. The monoisotopic (exact) mass is 388 g/mol. The van der Waals surface area contributed by atoms with Gasteiger partial charge in [-0.05, 0) is 46.1 Å². The molecule has 0 spiro atoms. The predicted octanol–water partition coefficient (Wildman–Crippen LogP) is 4.50. The highest BCUT2D eigenvalue weighted by molar-refractivity contribution is 9.10. The van der Waals surface area contributed by atoms with Crippen molar-refractivity contribution in [1.29, 1.82) is 0 Å². The molecule has 0 amide bonds. The van der Waals surface area contributed by atoms with Crippen LogP contribution < -0.4 is 5.32 Å². The van der Waals surface area contributed by atoms with Gasteiger partial charge < -0.3 is 10.4 Å². The molecule has 0 radical (unpaired) electrons. The second kappa shape index (κ2) is 7.11. The molecule has 0 bridgehead atoms. The lowest BCUT2D eigenvalue weighted by molar-refractivity contribution is 0.0697. The molecule has 110 valence electrons. The summed E-state index contributed by atoms with van der Waals surface area (Å²) in [5, 5.41) is 13.3. The average molecular weight is 390 g/mol. The fourth-order valence-electron chi connectivity index (χ4n) is 1.78. The van der Waals surface area contributed by atoms with Gasteiger partial charge in [-0.15, -0.1) is 0 Å². The molecule has 2 N–H and O–H groups in total. The van der Waals surface area contributed by atoms with Crippen molar-refractivity contribution in [3.63, 3.8) is 0 Å². The van der Waals surface area contributed by atoms with Crippen molar-refractivity contribution in [3.05, 3.63) is 56.1 Å². The maximum absolute atomic E-state index is 11.2. The molecule has 1 aromatic carbocycles. The Bertz CT molecular complexity index is 680. The molecular formula is C14H11BrCl2N2O2. The van der Waals surface area contributed by atoms with Gasteiger partial charge >= 0.3 is 5.97 Å². The first kappa shape index (κ1) is 16.1. The minimum Gasteiger partial charge on any atom is -0.478 e. The number of benzene rings is 1. The van der Waals surface area contributed by atoms with Crippen LogP contribution in [0.1, 0.15) is 15.9 Å². The van der Waals surface area contributed by atoms with Crippen molar-refractivity contribution in [2.75, 3.05) is 11.9 Å². The Morgan fingerprint density at radius 2 is 2.10 bits per heavy atom. The van der Waals surface area contributed by atoms with E-state index < -0.39 is 5.97 Å². The van der Waals surface area contributed by atoms with Crippen LogP contribution in [0.2, 0.25) is 10.0 Å². The number of rotatable bonds is 5. The van der Waals surface area contributed by atoms with Gasteiger partial charge in [0.25, 0.3) is 0 Å². The van der Waals surface area contributed by atoms with Crippen molar-refractivity contribution in [3.8, 4) is 0 Å². The fraction of sp³-hybridized carbons (Fsp3) is 0.143. The molecule has 1 aromatic heterocycles. The molecule has 0 aliphatic carbocycles. The molecule has 0 aliphatic rings. The molecule has 0 fully saturated rings. The number of carboxylic acid groups (broad SMARTS) is 1. The Morgan fingerprint density at radius 3 is 2.76 bits per heavy atom. The quantitative estimate of drug-likeness (QED) is 0.789. The molecule has 0 unspecified atom stereocenters. The summed E-state index contributed by atoms with van der Waals surface area (Å²) in [7, 11) is 0. The number of hydrogen-bond acceptors (Lipinski definition) is 3. The van der Waals surface area contributed by atoms with Gasteiger partial charge in [0.2, 0.25) is 0 Å². The van der Waals surface area contributed by atoms with Crippen LogP contribution in [0.15, 0.2) is 34.9 Å². The van der Waals surface area contributed by atoms with Crippen LogP contribution in [0.3, 0.4) is 0 Å². The highest BCUT2D eigenvalue weighted by Gasteiger charge is 2.12. The Kier molecular flexibility index (Phi) is 5.45. The SMILES string of the molecule is O=C(O)c1cc(Br)cnc1NCCc1ccc(Cl)cc1Cl. The van der Waals surface area contributed by atoms with E-state index in [1.54, 1.807) is 18.3 Å². The number of nitrogens with zero attached hydrogens (tertiary/aromatic N) is 1. The third kappa shape index (κ3) is 4.33. The standard InChI is InChI=1S/C14H11BrCl2N2O2/c15-9-5-11(14(20)21)13(19-7-9)18-4-3-8-1-2-10(16)6-12(8)17/h1-2,5-7H,3-4H2,(H,18,19)(H,20,21). The summed E-state index contributed by atoms with van der Waals surface area (Å²) >= 11 is 15.1. The van der Waals surface area contributed by atoms with E-state index in [1.165, 1.54) is 6.07 Å². The lowest BCUT2D eigenvalue weighted by Crippen LogP contribution is -2.11. The van der Waals surface area contributed by atoms with Crippen LogP contribution in [-0.2, 0) is 6.42 Å². The minimum absolute atomic E-state index is 0.117. The van der Waals surface area contributed by atoms with E-state index in [-0.39, 0.29) is 5.56 Å². The Morgan fingerprint density at radius 1 is 1.33 bits per heavy atom. The number of nitrogens with one attached hydrogen (secondary N) is 1. The van der Waals surface area contributed by atoms with Gasteiger partial charge in [-0.2, -0.15) is 0 Å². The summed E-state index contributed by atoms with van der Waals surface area (Å²) in [5.41, 5.74) is 1.05. The van der Waals surface area contributed by atoms with Crippen molar-refractivity contribution in [2.24, 2.45) is 0 Å². The topological polar surface area (TPSA) is 62.2 Å². The highest BCUT2D eigenvalue weighted by atomic mass is 79.9. The number of hydrogen-bond donors (Lipinski definition) is 2.